The fourth-order valence-corrected chi connectivity index (χ4v) is 3.07. The molecule has 5 nitrogen and oxygen atoms in total. The zero-order valence-corrected chi connectivity index (χ0v) is 11.6. The predicted octanol–water partition coefficient (Wildman–Crippen LogP) is 1.43. The summed E-state index contributed by atoms with van der Waals surface area (Å²) in [5.41, 5.74) is -0.808. The first-order chi connectivity index (χ1) is 9.18. The number of hydrogen-bond acceptors (Lipinski definition) is 4. The molecular formula is C11H14F3N3O2S. The van der Waals surface area contributed by atoms with Crippen molar-refractivity contribution in [3.05, 3.63) is 23.3 Å². The van der Waals surface area contributed by atoms with Gasteiger partial charge in [0.1, 0.15) is 11.5 Å². The Morgan fingerprint density at radius 3 is 2.55 bits per heavy atom. The average Bonchev–Trinajstić information content (AvgIpc) is 3.10. The highest BCUT2D eigenvalue weighted by Crippen LogP contribution is 2.28. The molecule has 2 rings (SSSR count). The Balaban J connectivity index is 2.01. The zero-order valence-electron chi connectivity index (χ0n) is 10.7. The molecule has 0 radical (unpaired) electrons. The van der Waals surface area contributed by atoms with Gasteiger partial charge in [0.25, 0.3) is 0 Å². The molecule has 1 aromatic rings. The normalized spacial score (nSPS) is 16.4. The Hall–Kier alpha value is -1.22. The van der Waals surface area contributed by atoms with Gasteiger partial charge in [-0.25, -0.2) is 23.1 Å². The van der Waals surface area contributed by atoms with Gasteiger partial charge in [0.2, 0.25) is 10.0 Å². The maximum atomic E-state index is 12.6. The van der Waals surface area contributed by atoms with Crippen LogP contribution in [0.25, 0.3) is 0 Å². The first kappa shape index (κ1) is 15.2. The molecule has 9 heteroatoms. The van der Waals surface area contributed by atoms with Gasteiger partial charge in [-0.2, -0.15) is 13.2 Å². The van der Waals surface area contributed by atoms with Gasteiger partial charge >= 0.3 is 6.18 Å². The molecule has 1 saturated carbocycles. The number of hydrogen-bond donors (Lipinski definition) is 1. The van der Waals surface area contributed by atoms with E-state index in [0.717, 1.165) is 6.07 Å². The molecule has 1 aromatic heterocycles. The highest BCUT2D eigenvalue weighted by molar-refractivity contribution is 7.90. The Kier molecular flexibility index (Phi) is 4.01. The van der Waals surface area contributed by atoms with Crippen molar-refractivity contribution >= 4 is 10.0 Å². The van der Waals surface area contributed by atoms with E-state index in [9.17, 15) is 21.6 Å². The molecule has 0 saturated heterocycles. The van der Waals surface area contributed by atoms with Crippen molar-refractivity contribution in [2.24, 2.45) is 0 Å². The Morgan fingerprint density at radius 2 is 2.00 bits per heavy atom. The van der Waals surface area contributed by atoms with Crippen LogP contribution in [0.2, 0.25) is 0 Å². The third kappa shape index (κ3) is 3.89. The number of sulfonamides is 1. The number of nitrogens with one attached hydrogen (secondary N) is 1. The first-order valence-corrected chi connectivity index (χ1v) is 7.63. The summed E-state index contributed by atoms with van der Waals surface area (Å²) in [7, 11) is -3.33. The number of rotatable bonds is 5. The van der Waals surface area contributed by atoms with Crippen LogP contribution >= 0.6 is 0 Å². The number of halogens is 3. The third-order valence-corrected chi connectivity index (χ3v) is 4.76. The lowest BCUT2D eigenvalue weighted by Crippen LogP contribution is -2.29. The summed E-state index contributed by atoms with van der Waals surface area (Å²) in [6.45, 7) is 1.44. The van der Waals surface area contributed by atoms with Gasteiger partial charge in [0, 0.05) is 18.7 Å². The fourth-order valence-electron chi connectivity index (χ4n) is 1.69. The molecular weight excluding hydrogens is 295 g/mol. The van der Waals surface area contributed by atoms with Crippen LogP contribution in [0, 0.1) is 6.92 Å². The van der Waals surface area contributed by atoms with E-state index in [0.29, 0.717) is 12.8 Å². The van der Waals surface area contributed by atoms with Crippen molar-refractivity contribution in [3.63, 3.8) is 0 Å². The van der Waals surface area contributed by atoms with Gasteiger partial charge in [-0.05, 0) is 25.8 Å². The number of aromatic nitrogens is 2. The lowest BCUT2D eigenvalue weighted by atomic mass is 10.3. The monoisotopic (exact) mass is 309 g/mol. The van der Waals surface area contributed by atoms with E-state index >= 15 is 0 Å². The summed E-state index contributed by atoms with van der Waals surface area (Å²) in [5.74, 6) is -0.0178. The van der Waals surface area contributed by atoms with Gasteiger partial charge in [0.05, 0.1) is 5.25 Å². The first-order valence-electron chi connectivity index (χ1n) is 6.09. The van der Waals surface area contributed by atoms with Crippen LogP contribution in [0.15, 0.2) is 6.07 Å². The van der Waals surface area contributed by atoms with E-state index in [1.54, 1.807) is 0 Å². The minimum absolute atomic E-state index is 0.000413. The molecule has 1 aliphatic carbocycles. The molecule has 20 heavy (non-hydrogen) atoms. The Labute approximate surface area is 114 Å². The molecule has 1 heterocycles. The summed E-state index contributed by atoms with van der Waals surface area (Å²) in [6, 6.07) is 0.859. The summed E-state index contributed by atoms with van der Waals surface area (Å²) >= 11 is 0. The highest BCUT2D eigenvalue weighted by Gasteiger charge is 2.35. The maximum absolute atomic E-state index is 12.6. The van der Waals surface area contributed by atoms with Crippen LogP contribution in [0.1, 0.15) is 30.1 Å². The summed E-state index contributed by atoms with van der Waals surface area (Å²) < 4.78 is 63.2. The second-order valence-electron chi connectivity index (χ2n) is 4.70. The molecule has 0 aromatic carbocycles. The van der Waals surface area contributed by atoms with E-state index in [2.05, 4.69) is 14.7 Å². The molecule has 1 N–H and O–H groups in total. The van der Waals surface area contributed by atoms with E-state index in [1.165, 1.54) is 6.92 Å². The standard InChI is InChI=1S/C11H14F3N3O2S/c1-7-6-9(11(12,13)14)17-10(16-7)4-5-15-20(18,19)8-2-3-8/h6,8,15H,2-5H2,1H3. The van der Waals surface area contributed by atoms with Crippen molar-refractivity contribution in [2.45, 2.75) is 37.6 Å². The van der Waals surface area contributed by atoms with Crippen LogP contribution in [-0.2, 0) is 22.6 Å². The lowest BCUT2D eigenvalue weighted by Gasteiger charge is -2.09. The molecule has 1 fully saturated rings. The topological polar surface area (TPSA) is 72.0 Å². The Bertz CT molecular complexity index is 597. The van der Waals surface area contributed by atoms with Crippen molar-refractivity contribution in [2.75, 3.05) is 6.54 Å². The zero-order chi connectivity index (χ0) is 15.0. The molecule has 0 amide bonds. The fraction of sp³-hybridized carbons (Fsp3) is 0.636. The molecule has 112 valence electrons. The number of aryl methyl sites for hydroxylation is 1. The van der Waals surface area contributed by atoms with E-state index in [4.69, 9.17) is 0 Å². The molecule has 0 spiro atoms. The largest absolute Gasteiger partial charge is 0.433 e. The summed E-state index contributed by atoms with van der Waals surface area (Å²) in [6.07, 6.45) is -3.24. The highest BCUT2D eigenvalue weighted by atomic mass is 32.2. The maximum Gasteiger partial charge on any atom is 0.433 e. The predicted molar refractivity (Wildman–Crippen MR) is 65.4 cm³/mol. The quantitative estimate of drug-likeness (QED) is 0.893. The van der Waals surface area contributed by atoms with E-state index in [-0.39, 0.29) is 29.7 Å². The minimum Gasteiger partial charge on any atom is -0.238 e. The summed E-state index contributed by atoms with van der Waals surface area (Å²) in [4.78, 5) is 7.30. The molecule has 0 unspecified atom stereocenters. The minimum atomic E-state index is -4.53. The van der Waals surface area contributed by atoms with E-state index in [1.807, 2.05) is 0 Å². The molecule has 0 aliphatic heterocycles. The lowest BCUT2D eigenvalue weighted by molar-refractivity contribution is -0.141. The second-order valence-corrected chi connectivity index (χ2v) is 6.74. The molecule has 0 atom stereocenters. The second kappa shape index (κ2) is 5.28. The van der Waals surface area contributed by atoms with Crippen LogP contribution in [0.3, 0.4) is 0 Å². The van der Waals surface area contributed by atoms with Gasteiger partial charge in [-0.15, -0.1) is 0 Å². The van der Waals surface area contributed by atoms with E-state index < -0.39 is 21.9 Å². The third-order valence-electron chi connectivity index (χ3n) is 2.81. The van der Waals surface area contributed by atoms with Crippen LogP contribution in [0.4, 0.5) is 13.2 Å². The number of alkyl halides is 3. The summed E-state index contributed by atoms with van der Waals surface area (Å²) in [5, 5.41) is -0.355. The van der Waals surface area contributed by atoms with Crippen LogP contribution in [-0.4, -0.2) is 30.2 Å². The van der Waals surface area contributed by atoms with Gasteiger partial charge in [-0.1, -0.05) is 0 Å². The smallest absolute Gasteiger partial charge is 0.238 e. The van der Waals surface area contributed by atoms with Crippen molar-refractivity contribution in [3.8, 4) is 0 Å². The Morgan fingerprint density at radius 1 is 1.35 bits per heavy atom. The molecule has 1 aliphatic rings. The SMILES string of the molecule is Cc1cc(C(F)(F)F)nc(CCNS(=O)(=O)C2CC2)n1. The van der Waals surface area contributed by atoms with Gasteiger partial charge in [0.15, 0.2) is 0 Å². The van der Waals surface area contributed by atoms with Gasteiger partial charge < -0.3 is 0 Å². The number of nitrogens with zero attached hydrogens (tertiary/aromatic N) is 2. The van der Waals surface area contributed by atoms with Crippen LogP contribution in [0.5, 0.6) is 0 Å². The van der Waals surface area contributed by atoms with Crippen molar-refractivity contribution in [1.82, 2.24) is 14.7 Å². The molecule has 0 bridgehead atoms. The van der Waals surface area contributed by atoms with Crippen molar-refractivity contribution in [1.29, 1.82) is 0 Å². The van der Waals surface area contributed by atoms with Crippen molar-refractivity contribution < 1.29 is 21.6 Å². The average molecular weight is 309 g/mol. The van der Waals surface area contributed by atoms with Crippen LogP contribution < -0.4 is 4.72 Å². The van der Waals surface area contributed by atoms with Gasteiger partial charge in [-0.3, -0.25) is 0 Å².